The Morgan fingerprint density at radius 1 is 0.514 bits per heavy atom. The van der Waals surface area contributed by atoms with Gasteiger partial charge in [-0.25, -0.2) is 0 Å². The lowest BCUT2D eigenvalue weighted by atomic mass is 10.2. The van der Waals surface area contributed by atoms with E-state index in [1.165, 1.54) is 42.0 Å². The number of benzene rings is 4. The number of ether oxygens (including phenoxy) is 2. The Labute approximate surface area is 207 Å². The molecule has 4 aromatic carbocycles. The minimum absolute atomic E-state index is 0.0812. The van der Waals surface area contributed by atoms with Crippen molar-refractivity contribution in [2.45, 2.75) is 44.2 Å². The van der Waals surface area contributed by atoms with E-state index in [9.17, 15) is 0 Å². The van der Waals surface area contributed by atoms with Crippen LogP contribution in [0.25, 0.3) is 42.0 Å². The molecule has 6 aromatic rings. The molecule has 2 aromatic heterocycles. The first kappa shape index (κ1) is 21.7. The van der Waals surface area contributed by atoms with E-state index in [4.69, 9.17) is 9.47 Å². The zero-order valence-electron chi connectivity index (χ0n) is 20.0. The quantitative estimate of drug-likeness (QED) is 0.243. The van der Waals surface area contributed by atoms with Crippen molar-refractivity contribution in [3.05, 3.63) is 97.1 Å². The maximum absolute atomic E-state index is 6.64. The van der Waals surface area contributed by atoms with Gasteiger partial charge in [0.15, 0.2) is 5.79 Å². The Balaban J connectivity index is 1.32. The fourth-order valence-electron chi connectivity index (χ4n) is 5.98. The fraction of sp³-hybridized carbons (Fsp3) is 0.226. The van der Waals surface area contributed by atoms with E-state index in [2.05, 4.69) is 111 Å². The van der Waals surface area contributed by atoms with Crippen LogP contribution in [0.2, 0.25) is 0 Å². The van der Waals surface area contributed by atoms with Gasteiger partial charge in [0.25, 0.3) is 0 Å². The fourth-order valence-corrected chi connectivity index (χ4v) is 11.6. The second-order valence-corrected chi connectivity index (χ2v) is 14.4. The predicted molar refractivity (Wildman–Crippen MR) is 152 cm³/mol. The third kappa shape index (κ3) is 3.55. The zero-order valence-corrected chi connectivity index (χ0v) is 21.8. The Morgan fingerprint density at radius 3 is 1.11 bits per heavy atom. The van der Waals surface area contributed by atoms with E-state index >= 15 is 0 Å². The summed E-state index contributed by atoms with van der Waals surface area (Å²) in [7, 11) is -0.954. The van der Waals surface area contributed by atoms with E-state index < -0.39 is 20.9 Å². The monoisotopic (exact) mass is 494 g/mol. The molecule has 1 aliphatic heterocycles. The summed E-state index contributed by atoms with van der Waals surface area (Å²) in [5, 5.41) is 11.5. The molecule has 3 heterocycles. The van der Waals surface area contributed by atoms with Crippen molar-refractivity contribution in [1.82, 2.24) is 0 Å². The SMILES string of the molecule is CC1(C)O[C@H](Cp2c3ccccc3c3ccccc32)[C@@H](Cp2c3ccccc3c3ccccc32)O1. The largest absolute Gasteiger partial charge is 0.344 e. The molecule has 7 rings (SSSR count). The highest BCUT2D eigenvalue weighted by atomic mass is 31.1. The summed E-state index contributed by atoms with van der Waals surface area (Å²) in [6, 6.07) is 35.8. The van der Waals surface area contributed by atoms with Crippen molar-refractivity contribution < 1.29 is 9.47 Å². The summed E-state index contributed by atoms with van der Waals surface area (Å²) >= 11 is 0. The lowest BCUT2D eigenvalue weighted by molar-refractivity contribution is -0.144. The summed E-state index contributed by atoms with van der Waals surface area (Å²) in [6.45, 7) is 4.15. The minimum Gasteiger partial charge on any atom is -0.344 e. The van der Waals surface area contributed by atoms with Gasteiger partial charge in [-0.15, -0.1) is 15.1 Å². The number of hydrogen-bond acceptors (Lipinski definition) is 2. The van der Waals surface area contributed by atoms with Crippen LogP contribution < -0.4 is 0 Å². The maximum Gasteiger partial charge on any atom is 0.163 e. The lowest BCUT2D eigenvalue weighted by Gasteiger charge is -2.18. The highest BCUT2D eigenvalue weighted by molar-refractivity contribution is 7.61. The summed E-state index contributed by atoms with van der Waals surface area (Å²) in [5.74, 6) is -0.558. The molecule has 0 saturated carbocycles. The van der Waals surface area contributed by atoms with Crippen LogP contribution in [0.5, 0.6) is 0 Å². The highest BCUT2D eigenvalue weighted by Crippen LogP contribution is 2.55. The summed E-state index contributed by atoms with van der Waals surface area (Å²) < 4.78 is 13.3. The molecule has 2 nitrogen and oxygen atoms in total. The van der Waals surface area contributed by atoms with E-state index in [0.717, 1.165) is 12.3 Å². The Kier molecular flexibility index (Phi) is 5.09. The molecule has 1 aliphatic rings. The van der Waals surface area contributed by atoms with Gasteiger partial charge in [0.05, 0.1) is 12.2 Å². The van der Waals surface area contributed by atoms with Crippen LogP contribution >= 0.6 is 15.1 Å². The molecule has 0 N–H and O–H groups in total. The van der Waals surface area contributed by atoms with Crippen LogP contribution in [-0.4, -0.2) is 18.0 Å². The topological polar surface area (TPSA) is 18.5 Å². The Hall–Kier alpha value is -2.60. The summed E-state index contributed by atoms with van der Waals surface area (Å²) in [6.07, 6.45) is 2.17. The predicted octanol–water partition coefficient (Wildman–Crippen LogP) is 9.49. The molecule has 0 bridgehead atoms. The van der Waals surface area contributed by atoms with Crippen LogP contribution in [0, 0.1) is 0 Å². The van der Waals surface area contributed by atoms with Gasteiger partial charge in [0.2, 0.25) is 0 Å². The van der Waals surface area contributed by atoms with Crippen LogP contribution in [0.3, 0.4) is 0 Å². The molecule has 0 aliphatic carbocycles. The Bertz CT molecular complexity index is 1480. The molecule has 174 valence electrons. The molecule has 0 spiro atoms. The maximum atomic E-state index is 6.64. The van der Waals surface area contributed by atoms with Gasteiger partial charge in [-0.1, -0.05) is 97.1 Å². The highest BCUT2D eigenvalue weighted by Gasteiger charge is 2.42. The second kappa shape index (κ2) is 8.22. The summed E-state index contributed by atoms with van der Waals surface area (Å²) in [5.41, 5.74) is 0. The van der Waals surface area contributed by atoms with Gasteiger partial charge < -0.3 is 9.47 Å². The van der Waals surface area contributed by atoms with Crippen LogP contribution in [0.4, 0.5) is 0 Å². The van der Waals surface area contributed by atoms with Gasteiger partial charge in [0.1, 0.15) is 0 Å². The van der Waals surface area contributed by atoms with Crippen molar-refractivity contribution in [3.8, 4) is 0 Å². The van der Waals surface area contributed by atoms with E-state index in [1.807, 2.05) is 0 Å². The summed E-state index contributed by atoms with van der Waals surface area (Å²) in [4.78, 5) is 0. The van der Waals surface area contributed by atoms with Crippen molar-refractivity contribution in [2.75, 3.05) is 0 Å². The molecule has 1 saturated heterocycles. The molecule has 4 heteroatoms. The van der Waals surface area contributed by atoms with Crippen LogP contribution in [0.1, 0.15) is 13.8 Å². The van der Waals surface area contributed by atoms with Crippen molar-refractivity contribution in [1.29, 1.82) is 0 Å². The molecule has 1 fully saturated rings. The smallest absolute Gasteiger partial charge is 0.163 e. The number of hydrogen-bond donors (Lipinski definition) is 0. The molecular weight excluding hydrogens is 466 g/mol. The first-order chi connectivity index (χ1) is 17.1. The average Bonchev–Trinajstić information content (AvgIpc) is 3.48. The molecular formula is C31H28O2P2. The first-order valence-corrected chi connectivity index (χ1v) is 15.4. The standard InChI is InChI=1S/C31H28O2P2/c1-31(2)32-25(19-34-27-15-7-3-11-21(27)22-12-4-8-16-28(22)34)26(33-31)20-35-29-17-9-5-13-23(29)24-14-6-10-18-30(24)35/h3-18,25-26H,19-20H2,1-2H3/t25-,26-/m1/s1. The number of fused-ring (bicyclic) bond motifs is 6. The molecule has 0 unspecified atom stereocenters. The van der Waals surface area contributed by atoms with Gasteiger partial charge in [-0.2, -0.15) is 0 Å². The Morgan fingerprint density at radius 2 is 0.800 bits per heavy atom. The molecule has 0 radical (unpaired) electrons. The second-order valence-electron chi connectivity index (χ2n) is 10.0. The van der Waals surface area contributed by atoms with E-state index in [0.29, 0.717) is 0 Å². The zero-order chi connectivity index (χ0) is 23.6. The van der Waals surface area contributed by atoms with Gasteiger partial charge in [0, 0.05) is 32.8 Å². The minimum atomic E-state index is -0.558. The normalized spacial score (nSPS) is 19.9. The van der Waals surface area contributed by atoms with Gasteiger partial charge in [-0.05, 0) is 35.4 Å². The third-order valence-corrected chi connectivity index (χ3v) is 12.7. The van der Waals surface area contributed by atoms with Crippen molar-refractivity contribution in [2.24, 2.45) is 0 Å². The van der Waals surface area contributed by atoms with Gasteiger partial charge in [-0.3, -0.25) is 0 Å². The van der Waals surface area contributed by atoms with Crippen molar-refractivity contribution in [3.63, 3.8) is 0 Å². The third-order valence-electron chi connectivity index (χ3n) is 7.37. The average molecular weight is 495 g/mol. The lowest BCUT2D eigenvalue weighted by Crippen LogP contribution is -2.23. The van der Waals surface area contributed by atoms with E-state index in [1.54, 1.807) is 0 Å². The molecule has 2 atom stereocenters. The van der Waals surface area contributed by atoms with E-state index in [-0.39, 0.29) is 12.2 Å². The molecule has 0 amide bonds. The van der Waals surface area contributed by atoms with Crippen LogP contribution in [0.15, 0.2) is 97.1 Å². The molecule has 35 heavy (non-hydrogen) atoms. The van der Waals surface area contributed by atoms with Crippen molar-refractivity contribution >= 4 is 57.1 Å². The first-order valence-electron chi connectivity index (χ1n) is 12.4. The number of rotatable bonds is 4. The van der Waals surface area contributed by atoms with Gasteiger partial charge >= 0.3 is 0 Å². The van der Waals surface area contributed by atoms with Crippen LogP contribution in [-0.2, 0) is 21.8 Å².